The van der Waals surface area contributed by atoms with Gasteiger partial charge in [0.15, 0.2) is 5.13 Å². The van der Waals surface area contributed by atoms with Crippen LogP contribution in [0.5, 0.6) is 5.75 Å². The Balaban J connectivity index is 1.23. The zero-order valence-electron chi connectivity index (χ0n) is 38.5. The third-order valence-corrected chi connectivity index (χ3v) is 14.0. The first kappa shape index (κ1) is 47.7. The summed E-state index contributed by atoms with van der Waals surface area (Å²) in [5.41, 5.74) is 6.11. The van der Waals surface area contributed by atoms with Gasteiger partial charge in [0.1, 0.15) is 36.5 Å². The quantitative estimate of drug-likeness (QED) is 0.0409. The first-order valence-electron chi connectivity index (χ1n) is 23.0. The van der Waals surface area contributed by atoms with Crippen molar-refractivity contribution in [3.8, 4) is 17.6 Å². The second-order valence-electron chi connectivity index (χ2n) is 17.3. The van der Waals surface area contributed by atoms with Crippen LogP contribution in [0.2, 0.25) is 0 Å². The van der Waals surface area contributed by atoms with Crippen LogP contribution in [0.3, 0.4) is 0 Å². The van der Waals surface area contributed by atoms with E-state index >= 15 is 14.4 Å². The van der Waals surface area contributed by atoms with Crippen LogP contribution in [0.15, 0.2) is 152 Å². The van der Waals surface area contributed by atoms with Crippen LogP contribution >= 0.6 is 11.3 Å². The van der Waals surface area contributed by atoms with E-state index in [9.17, 15) is 24.8 Å². The van der Waals surface area contributed by atoms with Gasteiger partial charge in [0.25, 0.3) is 5.69 Å². The number of cyclic esters (lactones) is 1. The molecule has 6 aromatic carbocycles. The predicted molar refractivity (Wildman–Crippen MR) is 267 cm³/mol. The number of imide groups is 1. The number of primary amides is 1. The molecule has 73 heavy (non-hydrogen) atoms. The molecule has 18 nitrogen and oxygen atoms in total. The zero-order valence-corrected chi connectivity index (χ0v) is 39.3. The second kappa shape index (κ2) is 20.0. The van der Waals surface area contributed by atoms with E-state index in [4.69, 9.17) is 24.9 Å². The van der Waals surface area contributed by atoms with Gasteiger partial charge in [-0.3, -0.25) is 29.4 Å². The monoisotopic (exact) mass is 997 g/mol. The fraction of sp³-hybridized carbons (Fsp3) is 0.185. The Kier molecular flexibility index (Phi) is 13.1. The number of rotatable bonds is 12. The number of carbonyl (C=O) groups is 5. The van der Waals surface area contributed by atoms with Gasteiger partial charge >= 0.3 is 18.1 Å². The summed E-state index contributed by atoms with van der Waals surface area (Å²) >= 11 is 1.19. The lowest BCUT2D eigenvalue weighted by Crippen LogP contribution is -2.54. The molecule has 19 heteroatoms. The Labute approximate surface area is 420 Å². The van der Waals surface area contributed by atoms with Gasteiger partial charge in [-0.25, -0.2) is 19.5 Å². The summed E-state index contributed by atoms with van der Waals surface area (Å²) in [6, 6.07) is 37.9. The lowest BCUT2D eigenvalue weighted by atomic mass is 9.65. The number of aliphatic hydroxyl groups excluding tert-OH is 1. The van der Waals surface area contributed by atoms with E-state index < -0.39 is 77.0 Å². The van der Waals surface area contributed by atoms with Crippen molar-refractivity contribution in [3.63, 3.8) is 0 Å². The number of aliphatic hydroxyl groups is 1. The summed E-state index contributed by atoms with van der Waals surface area (Å²) in [7, 11) is 0. The molecule has 1 aromatic heterocycles. The number of morpholine rings is 1. The molecule has 3 aliphatic heterocycles. The number of hydrogen-bond donors (Lipinski definition) is 4. The van der Waals surface area contributed by atoms with E-state index in [2.05, 4.69) is 22.5 Å². The highest BCUT2D eigenvalue weighted by molar-refractivity contribution is 7.22. The number of aromatic nitrogens is 1. The molecule has 7 aromatic rings. The third-order valence-electron chi connectivity index (χ3n) is 13.1. The van der Waals surface area contributed by atoms with Crippen molar-refractivity contribution in [2.45, 2.75) is 36.3 Å². The molecule has 0 saturated carbocycles. The Morgan fingerprint density at radius 3 is 2.25 bits per heavy atom. The summed E-state index contributed by atoms with van der Waals surface area (Å²) in [6.45, 7) is -0.826. The maximum atomic E-state index is 16.6. The molecular weight excluding hydrogens is 955 g/mol. The van der Waals surface area contributed by atoms with Crippen molar-refractivity contribution in [2.24, 2.45) is 11.7 Å². The number of carbonyl (C=O) groups excluding carboxylic acids is 5. The van der Waals surface area contributed by atoms with Crippen LogP contribution < -0.4 is 26.0 Å². The zero-order chi connectivity index (χ0) is 50.8. The van der Waals surface area contributed by atoms with Gasteiger partial charge in [-0.05, 0) is 82.4 Å². The Bertz CT molecular complexity index is 3310. The number of para-hydroxylation sites is 1. The van der Waals surface area contributed by atoms with Gasteiger partial charge in [-0.15, -0.1) is 0 Å². The highest BCUT2D eigenvalue weighted by Crippen LogP contribution is 2.66. The number of anilines is 2. The van der Waals surface area contributed by atoms with Gasteiger partial charge in [0.2, 0.25) is 11.8 Å². The molecule has 2 saturated heterocycles. The molecule has 6 atom stereocenters. The minimum atomic E-state index is -2.21. The minimum Gasteiger partial charge on any atom is -0.491 e. The van der Waals surface area contributed by atoms with Gasteiger partial charge in [0, 0.05) is 17.7 Å². The third kappa shape index (κ3) is 8.84. The van der Waals surface area contributed by atoms with Crippen molar-refractivity contribution in [2.75, 3.05) is 30.0 Å². The van der Waals surface area contributed by atoms with Crippen molar-refractivity contribution in [1.29, 1.82) is 0 Å². The van der Waals surface area contributed by atoms with Crippen LogP contribution in [0.25, 0.3) is 10.2 Å². The molecule has 1 spiro atoms. The van der Waals surface area contributed by atoms with E-state index in [-0.39, 0.29) is 41.8 Å². The molecule has 0 unspecified atom stereocenters. The number of nitrogens with two attached hydrogens (primary N) is 1. The fourth-order valence-electron chi connectivity index (χ4n) is 10.2. The average Bonchev–Trinajstić information content (AvgIpc) is 4.05. The standard InChI is InChI=1S/C54H43N7O11S/c55-51(66)56-27-9-10-32-19-26-41-39(30-32)54(50(65)59(41)53(67)71-31-33-17-22-37(23-18-33)61(68)69)43(48(63)58-52-57-40-15-7-8-16-42(40)73-52)45-49(64)72-46(35-13-5-2-6-14-35)44(34-11-3-1-4-12-34)60(45)47(54)36-20-24-38(25-21-36)70-29-28-62/h1-8,11-26,30,43-47,62H,27-29,31H2,(H3,55,56,66)(H,57,58,63)/t43-,44-,45-,46+,47+,54-/m0/s1. The minimum absolute atomic E-state index is 0.0167. The topological polar surface area (TPSA) is 246 Å². The number of nitro groups is 1. The number of ether oxygens (including phenoxy) is 3. The molecule has 3 aliphatic rings. The largest absolute Gasteiger partial charge is 0.491 e. The molecule has 10 rings (SSSR count). The SMILES string of the molecule is NC(=O)NCC#Cc1ccc2c(c1)[C@]1(C(=O)N2C(=O)OCc2ccc([N+](=O)[O-])cc2)[C@H](C(=O)Nc2nc3ccccc3s2)[C@H]2C(=O)O[C@H](c3ccccc3)[C@H](c3ccccc3)N2[C@@H]1c1ccc(OCCO)cc1. The van der Waals surface area contributed by atoms with Gasteiger partial charge in [0.05, 0.1) is 52.0 Å². The number of benzene rings is 6. The number of esters is 1. The van der Waals surface area contributed by atoms with Crippen LogP contribution in [0.1, 0.15) is 51.6 Å². The molecular formula is C54H43N7O11S. The van der Waals surface area contributed by atoms with Crippen molar-refractivity contribution < 1.29 is 48.2 Å². The number of amides is 5. The van der Waals surface area contributed by atoms with Crippen molar-refractivity contribution in [3.05, 3.63) is 195 Å². The number of hydrogen-bond acceptors (Lipinski definition) is 14. The molecule has 4 heterocycles. The number of nitrogens with one attached hydrogen (secondary N) is 2. The molecule has 0 radical (unpaired) electrons. The average molecular weight is 998 g/mol. The normalized spacial score (nSPS) is 20.8. The smallest absolute Gasteiger partial charge is 0.421 e. The fourth-order valence-corrected chi connectivity index (χ4v) is 11.1. The Morgan fingerprint density at radius 1 is 0.863 bits per heavy atom. The van der Waals surface area contributed by atoms with Crippen LogP contribution in [-0.2, 0) is 35.9 Å². The first-order valence-corrected chi connectivity index (χ1v) is 23.8. The second-order valence-corrected chi connectivity index (χ2v) is 18.3. The lowest BCUT2D eigenvalue weighted by Gasteiger charge is -2.46. The predicted octanol–water partition coefficient (Wildman–Crippen LogP) is 7.24. The maximum Gasteiger partial charge on any atom is 0.421 e. The number of non-ortho nitro benzene ring substituents is 1. The Hall–Kier alpha value is -8.96. The van der Waals surface area contributed by atoms with E-state index in [1.165, 1.54) is 41.7 Å². The van der Waals surface area contributed by atoms with Gasteiger partial charge < -0.3 is 35.7 Å². The highest BCUT2D eigenvalue weighted by Gasteiger charge is 2.76. The van der Waals surface area contributed by atoms with E-state index in [0.29, 0.717) is 39.1 Å². The van der Waals surface area contributed by atoms with Crippen LogP contribution in [-0.4, -0.2) is 75.6 Å². The number of thiazole rings is 1. The number of nitro benzene ring substituents is 1. The van der Waals surface area contributed by atoms with Gasteiger partial charge in [-0.1, -0.05) is 108 Å². The van der Waals surface area contributed by atoms with Crippen LogP contribution in [0.4, 0.5) is 26.1 Å². The van der Waals surface area contributed by atoms with Gasteiger partial charge in [-0.2, -0.15) is 0 Å². The first-order chi connectivity index (χ1) is 35.5. The molecule has 2 fully saturated rings. The molecule has 0 aliphatic carbocycles. The van der Waals surface area contributed by atoms with E-state index in [1.54, 1.807) is 48.5 Å². The molecule has 366 valence electrons. The van der Waals surface area contributed by atoms with E-state index in [0.717, 1.165) is 9.60 Å². The number of fused-ring (bicyclic) bond motifs is 4. The maximum absolute atomic E-state index is 16.6. The summed E-state index contributed by atoms with van der Waals surface area (Å²) in [5, 5.41) is 26.6. The number of urea groups is 1. The summed E-state index contributed by atoms with van der Waals surface area (Å²) in [5.74, 6) is 2.02. The molecule has 5 amide bonds. The van der Waals surface area contributed by atoms with E-state index in [1.807, 2.05) is 77.7 Å². The molecule has 0 bridgehead atoms. The summed E-state index contributed by atoms with van der Waals surface area (Å²) in [4.78, 5) is 92.7. The summed E-state index contributed by atoms with van der Waals surface area (Å²) in [6.07, 6.45) is -2.14. The van der Waals surface area contributed by atoms with Crippen molar-refractivity contribution >= 4 is 68.0 Å². The number of nitrogens with zero attached hydrogens (tertiary/aromatic N) is 4. The molecule has 5 N–H and O–H groups in total. The lowest BCUT2D eigenvalue weighted by molar-refractivity contribution is -0.384. The van der Waals surface area contributed by atoms with Crippen molar-refractivity contribution in [1.82, 2.24) is 15.2 Å². The van der Waals surface area contributed by atoms with Crippen LogP contribution in [0, 0.1) is 27.9 Å². The Morgan fingerprint density at radius 2 is 1.56 bits per heavy atom. The highest BCUT2D eigenvalue weighted by atomic mass is 32.1. The summed E-state index contributed by atoms with van der Waals surface area (Å²) < 4.78 is 19.0.